The Bertz CT molecular complexity index is 430. The highest BCUT2D eigenvalue weighted by Gasteiger charge is 2.22. The molecule has 1 rings (SSSR count). The molecule has 0 fully saturated rings. The molecule has 18 heavy (non-hydrogen) atoms. The van der Waals surface area contributed by atoms with Crippen LogP contribution in [0, 0.1) is 0 Å². The van der Waals surface area contributed by atoms with E-state index in [0.29, 0.717) is 0 Å². The summed E-state index contributed by atoms with van der Waals surface area (Å²) in [5, 5.41) is 0. The van der Waals surface area contributed by atoms with E-state index in [9.17, 15) is 0 Å². The fourth-order valence-electron chi connectivity index (χ4n) is 1.87. The molecule has 1 aromatic rings. The van der Waals surface area contributed by atoms with Gasteiger partial charge in [-0.2, -0.15) is 0 Å². The molecule has 0 saturated heterocycles. The first kappa shape index (κ1) is 16.2. The van der Waals surface area contributed by atoms with Gasteiger partial charge in [0.1, 0.15) is 0 Å². The molecular formula is C15H22Br2Si. The van der Waals surface area contributed by atoms with Crippen molar-refractivity contribution in [1.29, 1.82) is 0 Å². The lowest BCUT2D eigenvalue weighted by Gasteiger charge is -2.21. The zero-order valence-corrected chi connectivity index (χ0v) is 15.9. The fourth-order valence-corrected chi connectivity index (χ4v) is 3.98. The van der Waals surface area contributed by atoms with Crippen molar-refractivity contribution in [2.75, 3.05) is 0 Å². The molecule has 3 heteroatoms. The minimum Gasteiger partial charge on any atom is -0.0654 e. The van der Waals surface area contributed by atoms with Gasteiger partial charge in [-0.3, -0.25) is 0 Å². The number of halogens is 2. The van der Waals surface area contributed by atoms with Gasteiger partial charge in [-0.05, 0) is 34.2 Å². The number of benzene rings is 1. The first-order valence-electron chi connectivity index (χ1n) is 6.52. The molecule has 0 aliphatic rings. The van der Waals surface area contributed by atoms with Crippen molar-refractivity contribution in [3.63, 3.8) is 0 Å². The summed E-state index contributed by atoms with van der Waals surface area (Å²) >= 11 is 7.57. The number of hydrogen-bond acceptors (Lipinski definition) is 0. The van der Waals surface area contributed by atoms with Crippen molar-refractivity contribution in [2.45, 2.75) is 45.8 Å². The standard InChI is InChI=1S/C15H22Br2Si/c1-5-6-9-13(15(17)18(2,3)4)12-10-7-8-11-14(12)16/h7-8,10-11H,5-6,9H2,1-4H3/b15-13+. The van der Waals surface area contributed by atoms with Gasteiger partial charge in [0.05, 0.1) is 8.07 Å². The second-order valence-electron chi connectivity index (χ2n) is 5.63. The van der Waals surface area contributed by atoms with Crippen LogP contribution < -0.4 is 0 Å². The molecule has 0 aliphatic carbocycles. The lowest BCUT2D eigenvalue weighted by molar-refractivity contribution is 0.824. The third-order valence-corrected chi connectivity index (χ3v) is 9.26. The lowest BCUT2D eigenvalue weighted by Crippen LogP contribution is -2.21. The Hall–Kier alpha value is 0.137. The summed E-state index contributed by atoms with van der Waals surface area (Å²) in [5.74, 6) is 0. The molecule has 0 heterocycles. The Labute approximate surface area is 129 Å². The van der Waals surface area contributed by atoms with Gasteiger partial charge in [-0.1, -0.05) is 83.0 Å². The molecular weight excluding hydrogens is 368 g/mol. The summed E-state index contributed by atoms with van der Waals surface area (Å²) in [6, 6.07) is 8.55. The predicted octanol–water partition coefficient (Wildman–Crippen LogP) is 6.62. The molecule has 0 saturated carbocycles. The zero-order valence-electron chi connectivity index (χ0n) is 11.7. The van der Waals surface area contributed by atoms with E-state index in [2.05, 4.69) is 82.7 Å². The number of unbranched alkanes of at least 4 members (excludes halogenated alkanes) is 1. The quantitative estimate of drug-likeness (QED) is 0.496. The first-order valence-corrected chi connectivity index (χ1v) is 11.6. The van der Waals surface area contributed by atoms with Gasteiger partial charge in [-0.25, -0.2) is 0 Å². The van der Waals surface area contributed by atoms with Crippen molar-refractivity contribution >= 4 is 45.5 Å². The molecule has 0 unspecified atom stereocenters. The SMILES string of the molecule is CCCC/C(=C(/Br)[Si](C)(C)C)c1ccccc1Br. The summed E-state index contributed by atoms with van der Waals surface area (Å²) in [6.07, 6.45) is 3.64. The van der Waals surface area contributed by atoms with Crippen molar-refractivity contribution < 1.29 is 0 Å². The molecule has 0 nitrogen and oxygen atoms in total. The Morgan fingerprint density at radius 3 is 2.28 bits per heavy atom. The van der Waals surface area contributed by atoms with Crippen LogP contribution in [0.15, 0.2) is 32.8 Å². The van der Waals surface area contributed by atoms with E-state index in [1.165, 1.54) is 32.6 Å². The number of hydrogen-bond donors (Lipinski definition) is 0. The molecule has 0 spiro atoms. The van der Waals surface area contributed by atoms with Crippen LogP contribution in [0.25, 0.3) is 5.57 Å². The van der Waals surface area contributed by atoms with Crippen LogP contribution in [0.3, 0.4) is 0 Å². The van der Waals surface area contributed by atoms with Crippen LogP contribution in [0.1, 0.15) is 31.7 Å². The third kappa shape index (κ3) is 4.36. The van der Waals surface area contributed by atoms with Crippen molar-refractivity contribution in [1.82, 2.24) is 0 Å². The summed E-state index contributed by atoms with van der Waals surface area (Å²) in [7, 11) is -1.30. The number of rotatable bonds is 5. The van der Waals surface area contributed by atoms with Gasteiger partial charge >= 0.3 is 0 Å². The van der Waals surface area contributed by atoms with Crippen molar-refractivity contribution in [3.05, 3.63) is 38.4 Å². The van der Waals surface area contributed by atoms with Gasteiger partial charge < -0.3 is 0 Å². The van der Waals surface area contributed by atoms with E-state index in [1.807, 2.05) is 0 Å². The van der Waals surface area contributed by atoms with Gasteiger partial charge in [0, 0.05) is 4.47 Å². The van der Waals surface area contributed by atoms with Gasteiger partial charge in [-0.15, -0.1) is 0 Å². The second-order valence-corrected chi connectivity index (χ2v) is 13.0. The van der Waals surface area contributed by atoms with E-state index >= 15 is 0 Å². The van der Waals surface area contributed by atoms with E-state index in [0.717, 1.165) is 6.42 Å². The molecule has 0 N–H and O–H groups in total. The van der Waals surface area contributed by atoms with E-state index in [-0.39, 0.29) is 0 Å². The first-order chi connectivity index (χ1) is 8.38. The third-order valence-electron chi connectivity index (χ3n) is 2.90. The zero-order chi connectivity index (χ0) is 13.8. The lowest BCUT2D eigenvalue weighted by atomic mass is 10.0. The highest BCUT2D eigenvalue weighted by molar-refractivity contribution is 9.12. The molecule has 0 aromatic heterocycles. The van der Waals surface area contributed by atoms with E-state index < -0.39 is 8.07 Å². The molecule has 100 valence electrons. The Kier molecular flexibility index (Phi) is 6.35. The smallest absolute Gasteiger partial charge is 0.0654 e. The van der Waals surface area contributed by atoms with E-state index in [4.69, 9.17) is 0 Å². The maximum absolute atomic E-state index is 3.89. The van der Waals surface area contributed by atoms with Crippen LogP contribution in [0.4, 0.5) is 0 Å². The number of allylic oxidation sites excluding steroid dienone is 1. The van der Waals surface area contributed by atoms with Crippen molar-refractivity contribution in [2.24, 2.45) is 0 Å². The maximum atomic E-state index is 3.89. The normalized spacial score (nSPS) is 13.4. The Morgan fingerprint density at radius 1 is 1.17 bits per heavy atom. The molecule has 0 radical (unpaired) electrons. The van der Waals surface area contributed by atoms with E-state index in [1.54, 1.807) is 0 Å². The van der Waals surface area contributed by atoms with Crippen LogP contribution in [-0.2, 0) is 0 Å². The van der Waals surface area contributed by atoms with Crippen LogP contribution >= 0.6 is 31.9 Å². The van der Waals surface area contributed by atoms with Crippen LogP contribution in [0.5, 0.6) is 0 Å². The molecule has 0 bridgehead atoms. The average Bonchev–Trinajstić information content (AvgIpc) is 2.30. The predicted molar refractivity (Wildman–Crippen MR) is 92.9 cm³/mol. The van der Waals surface area contributed by atoms with Gasteiger partial charge in [0.15, 0.2) is 0 Å². The Morgan fingerprint density at radius 2 is 1.78 bits per heavy atom. The maximum Gasteiger partial charge on any atom is 0.0869 e. The summed E-state index contributed by atoms with van der Waals surface area (Å²) in [4.78, 5) is 0. The minimum absolute atomic E-state index is 1.16. The van der Waals surface area contributed by atoms with Crippen molar-refractivity contribution in [3.8, 4) is 0 Å². The summed E-state index contributed by atoms with van der Waals surface area (Å²) < 4.78 is 2.65. The van der Waals surface area contributed by atoms with Gasteiger partial charge in [0.25, 0.3) is 0 Å². The van der Waals surface area contributed by atoms with Crippen LogP contribution in [-0.4, -0.2) is 8.07 Å². The minimum atomic E-state index is -1.30. The van der Waals surface area contributed by atoms with Gasteiger partial charge in [0.2, 0.25) is 0 Å². The topological polar surface area (TPSA) is 0 Å². The largest absolute Gasteiger partial charge is 0.0869 e. The molecule has 1 aromatic carbocycles. The monoisotopic (exact) mass is 388 g/mol. The summed E-state index contributed by atoms with van der Waals surface area (Å²) in [5.41, 5.74) is 2.84. The molecule has 0 amide bonds. The summed E-state index contributed by atoms with van der Waals surface area (Å²) in [6.45, 7) is 9.42. The highest BCUT2D eigenvalue weighted by Crippen LogP contribution is 2.36. The second kappa shape index (κ2) is 7.06. The average molecular weight is 390 g/mol. The Balaban J connectivity index is 3.26. The fraction of sp³-hybridized carbons (Fsp3) is 0.467. The molecule has 0 aliphatic heterocycles. The highest BCUT2D eigenvalue weighted by atomic mass is 79.9. The molecule has 0 atom stereocenters. The van der Waals surface area contributed by atoms with Crippen LogP contribution in [0.2, 0.25) is 19.6 Å².